The molecule has 0 aliphatic carbocycles. The predicted molar refractivity (Wildman–Crippen MR) is 109 cm³/mol. The largest absolute Gasteiger partial charge is 0.379 e. The molecule has 10 heteroatoms. The fourth-order valence-electron chi connectivity index (χ4n) is 3.79. The van der Waals surface area contributed by atoms with E-state index in [0.717, 1.165) is 19.6 Å². The average molecular weight is 445 g/mol. The van der Waals surface area contributed by atoms with E-state index < -0.39 is 25.9 Å². The third-order valence-electron chi connectivity index (χ3n) is 5.42. The maximum atomic E-state index is 13.4. The van der Waals surface area contributed by atoms with E-state index >= 15 is 0 Å². The summed E-state index contributed by atoms with van der Waals surface area (Å²) in [4.78, 5) is 13.9. The average Bonchev–Trinajstić information content (AvgIpc) is 3.05. The molecule has 0 aromatic heterocycles. The Morgan fingerprint density at radius 1 is 1.28 bits per heavy atom. The molecule has 1 aromatic rings. The van der Waals surface area contributed by atoms with Crippen LogP contribution >= 0.6 is 0 Å². The smallest absolute Gasteiger partial charge is 0.243 e. The molecule has 0 amide bonds. The second-order valence-corrected chi connectivity index (χ2v) is 11.7. The first kappa shape index (κ1) is 22.4. The van der Waals surface area contributed by atoms with Gasteiger partial charge < -0.3 is 4.74 Å². The summed E-state index contributed by atoms with van der Waals surface area (Å²) in [6, 6.07) is 5.37. The van der Waals surface area contributed by atoms with Crippen LogP contribution in [0, 0.1) is 0 Å². The van der Waals surface area contributed by atoms with E-state index in [0.29, 0.717) is 31.6 Å². The van der Waals surface area contributed by atoms with Gasteiger partial charge in [0.25, 0.3) is 0 Å². The van der Waals surface area contributed by atoms with Gasteiger partial charge in [-0.15, -0.1) is 0 Å². The summed E-state index contributed by atoms with van der Waals surface area (Å²) in [5.41, 5.74) is 0.318. The number of sulfone groups is 1. The van der Waals surface area contributed by atoms with Crippen molar-refractivity contribution in [3.8, 4) is 0 Å². The summed E-state index contributed by atoms with van der Waals surface area (Å²) in [5, 5.41) is 0. The Kier molecular flexibility index (Phi) is 7.10. The molecule has 8 nitrogen and oxygen atoms in total. The molecule has 1 aromatic carbocycles. The number of morpholine rings is 1. The third-order valence-corrected chi connectivity index (χ3v) is 9.12. The number of ketones is 1. The van der Waals surface area contributed by atoms with Gasteiger partial charge >= 0.3 is 0 Å². The third kappa shape index (κ3) is 5.64. The summed E-state index contributed by atoms with van der Waals surface area (Å²) in [6.45, 7) is 5.31. The first-order valence-electron chi connectivity index (χ1n) is 9.82. The number of benzene rings is 1. The van der Waals surface area contributed by atoms with Crippen LogP contribution < -0.4 is 0 Å². The first-order valence-corrected chi connectivity index (χ1v) is 13.1. The minimum absolute atomic E-state index is 0.000631. The summed E-state index contributed by atoms with van der Waals surface area (Å²) in [7, 11) is -7.16. The quantitative estimate of drug-likeness (QED) is 0.546. The molecule has 2 fully saturated rings. The molecule has 2 aliphatic rings. The zero-order valence-electron chi connectivity index (χ0n) is 16.6. The minimum Gasteiger partial charge on any atom is -0.379 e. The monoisotopic (exact) mass is 444 g/mol. The van der Waals surface area contributed by atoms with Crippen molar-refractivity contribution < 1.29 is 26.4 Å². The highest BCUT2D eigenvalue weighted by molar-refractivity contribution is 7.92. The fraction of sp³-hybridized carbons (Fsp3) is 0.632. The number of ether oxygens (including phenoxy) is 1. The Morgan fingerprint density at radius 3 is 2.62 bits per heavy atom. The number of Topliss-reactive ketones (excluding diaryl/α,β-unsaturated/α-hetero) is 1. The van der Waals surface area contributed by atoms with Crippen molar-refractivity contribution in [2.75, 3.05) is 50.9 Å². The lowest BCUT2D eigenvalue weighted by Crippen LogP contribution is -2.43. The van der Waals surface area contributed by atoms with Gasteiger partial charge in [-0.3, -0.25) is 9.69 Å². The molecule has 2 aliphatic heterocycles. The van der Waals surface area contributed by atoms with Crippen molar-refractivity contribution in [1.29, 1.82) is 0 Å². The van der Waals surface area contributed by atoms with Gasteiger partial charge in [0.15, 0.2) is 15.6 Å². The Morgan fingerprint density at radius 2 is 2.00 bits per heavy atom. The van der Waals surface area contributed by atoms with Crippen molar-refractivity contribution in [3.63, 3.8) is 0 Å². The Balaban J connectivity index is 1.81. The number of carbonyl (C=O) groups excluding carboxylic acids is 1. The van der Waals surface area contributed by atoms with Crippen LogP contribution in [-0.2, 0) is 24.6 Å². The van der Waals surface area contributed by atoms with E-state index in [1.54, 1.807) is 12.1 Å². The van der Waals surface area contributed by atoms with Crippen LogP contribution in [0.4, 0.5) is 0 Å². The van der Waals surface area contributed by atoms with Crippen molar-refractivity contribution in [2.45, 2.75) is 30.7 Å². The zero-order valence-corrected chi connectivity index (χ0v) is 18.3. The highest BCUT2D eigenvalue weighted by atomic mass is 32.2. The van der Waals surface area contributed by atoms with E-state index in [9.17, 15) is 21.6 Å². The van der Waals surface area contributed by atoms with Crippen LogP contribution in [0.25, 0.3) is 0 Å². The van der Waals surface area contributed by atoms with Crippen LogP contribution in [-0.4, -0.2) is 88.8 Å². The molecule has 0 radical (unpaired) electrons. The first-order chi connectivity index (χ1) is 13.7. The lowest BCUT2D eigenvalue weighted by atomic mass is 10.2. The van der Waals surface area contributed by atoms with Gasteiger partial charge in [0.05, 0.1) is 29.6 Å². The molecule has 0 N–H and O–H groups in total. The molecular weight excluding hydrogens is 416 g/mol. The lowest BCUT2D eigenvalue weighted by molar-refractivity contribution is 0.0367. The number of carbonyl (C=O) groups is 1. The molecule has 2 saturated heterocycles. The molecule has 0 bridgehead atoms. The normalized spacial score (nSPS) is 22.8. The maximum absolute atomic E-state index is 13.4. The fourth-order valence-corrected chi connectivity index (χ4v) is 7.35. The molecule has 162 valence electrons. The van der Waals surface area contributed by atoms with Crippen LogP contribution in [0.15, 0.2) is 29.2 Å². The highest BCUT2D eigenvalue weighted by Gasteiger charge is 2.38. The number of hydrogen-bond donors (Lipinski definition) is 0. The van der Waals surface area contributed by atoms with E-state index in [2.05, 4.69) is 4.90 Å². The summed E-state index contributed by atoms with van der Waals surface area (Å²) >= 11 is 0. The number of sulfonamides is 1. The van der Waals surface area contributed by atoms with E-state index in [4.69, 9.17) is 4.74 Å². The van der Waals surface area contributed by atoms with Gasteiger partial charge in [-0.2, -0.15) is 4.31 Å². The zero-order chi connectivity index (χ0) is 21.1. The molecule has 1 atom stereocenters. The molecule has 2 heterocycles. The second kappa shape index (κ2) is 9.22. The Bertz CT molecular complexity index is 939. The van der Waals surface area contributed by atoms with Gasteiger partial charge in [0.1, 0.15) is 0 Å². The molecular formula is C19H28N2O6S2. The molecule has 29 heavy (non-hydrogen) atoms. The van der Waals surface area contributed by atoms with Gasteiger partial charge in [0.2, 0.25) is 10.0 Å². The SMILES string of the molecule is CC(=O)c1cccc(S(=O)(=O)N(CCCN2CCOCC2)C2CCS(=O)(=O)C2)c1. The van der Waals surface area contributed by atoms with Crippen molar-refractivity contribution >= 4 is 25.6 Å². The van der Waals surface area contributed by atoms with Gasteiger partial charge in [-0.1, -0.05) is 12.1 Å². The molecule has 1 unspecified atom stereocenters. The molecule has 0 spiro atoms. The standard InChI is InChI=1S/C19H28N2O6S2/c1-16(22)17-4-2-5-19(14-17)29(25,26)21(18-6-13-28(23,24)15-18)8-3-7-20-9-11-27-12-10-20/h2,4-5,14,18H,3,6-13,15H2,1H3. The number of nitrogens with zero attached hydrogens (tertiary/aromatic N) is 2. The van der Waals surface area contributed by atoms with Gasteiger partial charge in [-0.05, 0) is 38.4 Å². The van der Waals surface area contributed by atoms with E-state index in [1.165, 1.54) is 23.4 Å². The molecule has 3 rings (SSSR count). The highest BCUT2D eigenvalue weighted by Crippen LogP contribution is 2.26. The van der Waals surface area contributed by atoms with Crippen LogP contribution in [0.5, 0.6) is 0 Å². The minimum atomic E-state index is -3.92. The van der Waals surface area contributed by atoms with Gasteiger partial charge in [0, 0.05) is 31.2 Å². The summed E-state index contributed by atoms with van der Waals surface area (Å²) in [5.74, 6) is -0.374. The van der Waals surface area contributed by atoms with Crippen molar-refractivity contribution in [2.24, 2.45) is 0 Å². The topological polar surface area (TPSA) is 101 Å². The van der Waals surface area contributed by atoms with Crippen LogP contribution in [0.1, 0.15) is 30.1 Å². The second-order valence-electron chi connectivity index (χ2n) is 7.56. The van der Waals surface area contributed by atoms with Crippen LogP contribution in [0.3, 0.4) is 0 Å². The predicted octanol–water partition coefficient (Wildman–Crippen LogP) is 0.789. The molecule has 0 saturated carbocycles. The lowest BCUT2D eigenvalue weighted by Gasteiger charge is -2.30. The van der Waals surface area contributed by atoms with E-state index in [-0.39, 0.29) is 28.7 Å². The maximum Gasteiger partial charge on any atom is 0.243 e. The Labute approximate surface area is 172 Å². The van der Waals surface area contributed by atoms with Crippen molar-refractivity contribution in [1.82, 2.24) is 9.21 Å². The summed E-state index contributed by atoms with van der Waals surface area (Å²) in [6.07, 6.45) is 0.897. The van der Waals surface area contributed by atoms with Gasteiger partial charge in [-0.25, -0.2) is 16.8 Å². The Hall–Kier alpha value is -1.33. The van der Waals surface area contributed by atoms with Crippen molar-refractivity contribution in [3.05, 3.63) is 29.8 Å². The summed E-state index contributed by atoms with van der Waals surface area (Å²) < 4.78 is 57.4. The van der Waals surface area contributed by atoms with Crippen LogP contribution in [0.2, 0.25) is 0 Å². The number of hydrogen-bond acceptors (Lipinski definition) is 7. The number of rotatable bonds is 8. The van der Waals surface area contributed by atoms with E-state index in [1.807, 2.05) is 0 Å².